The Morgan fingerprint density at radius 2 is 2.00 bits per heavy atom. The van der Waals surface area contributed by atoms with Crippen molar-refractivity contribution in [3.63, 3.8) is 0 Å². The van der Waals surface area contributed by atoms with Crippen LogP contribution in [0.1, 0.15) is 21.6 Å². The van der Waals surface area contributed by atoms with E-state index in [1.54, 1.807) is 13.2 Å². The standard InChI is InChI=1S/C18H17N3O2S2/c1-11-12(2)25-17(15(11)10-19)21-18(24)20-16(22)9-6-13-4-7-14(23-3)8-5-13/h4-9H,1-3H3,(H2,20,21,22,24)/b9-6+. The van der Waals surface area contributed by atoms with Gasteiger partial charge in [0, 0.05) is 11.0 Å². The first-order chi connectivity index (χ1) is 11.9. The minimum atomic E-state index is -0.350. The molecule has 1 aromatic carbocycles. The summed E-state index contributed by atoms with van der Waals surface area (Å²) in [4.78, 5) is 13.0. The highest BCUT2D eigenvalue weighted by atomic mass is 32.1. The normalized spacial score (nSPS) is 10.3. The quantitative estimate of drug-likeness (QED) is 0.632. The molecule has 1 heterocycles. The first-order valence-corrected chi connectivity index (χ1v) is 8.61. The number of aryl methyl sites for hydroxylation is 1. The minimum absolute atomic E-state index is 0.155. The van der Waals surface area contributed by atoms with Crippen molar-refractivity contribution in [2.75, 3.05) is 12.4 Å². The van der Waals surface area contributed by atoms with Crippen molar-refractivity contribution in [3.05, 3.63) is 51.9 Å². The molecule has 1 amide bonds. The topological polar surface area (TPSA) is 74.2 Å². The molecule has 0 bridgehead atoms. The number of nitriles is 1. The van der Waals surface area contributed by atoms with E-state index >= 15 is 0 Å². The highest BCUT2D eigenvalue weighted by molar-refractivity contribution is 7.80. The highest BCUT2D eigenvalue weighted by Gasteiger charge is 2.13. The first kappa shape index (κ1) is 18.6. The number of thiocarbonyl (C=S) groups is 1. The SMILES string of the molecule is COc1ccc(/C=C/C(=O)NC(=S)Nc2sc(C)c(C)c2C#N)cc1. The van der Waals surface area contributed by atoms with Crippen molar-refractivity contribution >= 4 is 45.7 Å². The maximum absolute atomic E-state index is 12.0. The fourth-order valence-electron chi connectivity index (χ4n) is 2.02. The lowest BCUT2D eigenvalue weighted by atomic mass is 10.2. The summed E-state index contributed by atoms with van der Waals surface area (Å²) in [7, 11) is 1.60. The van der Waals surface area contributed by atoms with Crippen LogP contribution < -0.4 is 15.4 Å². The molecule has 0 saturated heterocycles. The summed E-state index contributed by atoms with van der Waals surface area (Å²) in [6.45, 7) is 3.82. The Balaban J connectivity index is 1.96. The van der Waals surface area contributed by atoms with Crippen molar-refractivity contribution < 1.29 is 9.53 Å². The van der Waals surface area contributed by atoms with Crippen molar-refractivity contribution in [1.29, 1.82) is 5.26 Å². The number of thiophene rings is 1. The monoisotopic (exact) mass is 371 g/mol. The van der Waals surface area contributed by atoms with Crippen LogP contribution >= 0.6 is 23.6 Å². The smallest absolute Gasteiger partial charge is 0.250 e. The van der Waals surface area contributed by atoms with Crippen LogP contribution in [0.2, 0.25) is 0 Å². The van der Waals surface area contributed by atoms with Gasteiger partial charge in [-0.2, -0.15) is 5.26 Å². The number of carbonyl (C=O) groups excluding carboxylic acids is 1. The van der Waals surface area contributed by atoms with Crippen LogP contribution in [-0.2, 0) is 4.79 Å². The number of benzene rings is 1. The molecule has 2 aromatic rings. The number of amides is 1. The van der Waals surface area contributed by atoms with Gasteiger partial charge in [-0.05, 0) is 55.4 Å². The molecule has 0 aliphatic carbocycles. The van der Waals surface area contributed by atoms with Crippen LogP contribution in [0, 0.1) is 25.2 Å². The van der Waals surface area contributed by atoms with Gasteiger partial charge < -0.3 is 10.1 Å². The van der Waals surface area contributed by atoms with E-state index in [1.165, 1.54) is 17.4 Å². The Kier molecular flexibility index (Phi) is 6.28. The van der Waals surface area contributed by atoms with Gasteiger partial charge in [0.25, 0.3) is 0 Å². The van der Waals surface area contributed by atoms with Crippen LogP contribution in [0.3, 0.4) is 0 Å². The van der Waals surface area contributed by atoms with Gasteiger partial charge in [-0.25, -0.2) is 0 Å². The number of nitrogens with zero attached hydrogens (tertiary/aromatic N) is 1. The van der Waals surface area contributed by atoms with Gasteiger partial charge in [0.2, 0.25) is 5.91 Å². The van der Waals surface area contributed by atoms with Gasteiger partial charge in [-0.1, -0.05) is 12.1 Å². The van der Waals surface area contributed by atoms with Crippen molar-refractivity contribution in [2.24, 2.45) is 0 Å². The van der Waals surface area contributed by atoms with E-state index in [-0.39, 0.29) is 11.0 Å². The summed E-state index contributed by atoms with van der Waals surface area (Å²) in [5, 5.41) is 15.5. The van der Waals surface area contributed by atoms with Crippen LogP contribution in [0.5, 0.6) is 5.75 Å². The second kappa shape index (κ2) is 8.42. The number of methoxy groups -OCH3 is 1. The molecule has 0 aliphatic rings. The van der Waals surface area contributed by atoms with E-state index in [0.29, 0.717) is 10.6 Å². The van der Waals surface area contributed by atoms with Crippen LogP contribution in [0.25, 0.3) is 6.08 Å². The van der Waals surface area contributed by atoms with E-state index in [4.69, 9.17) is 17.0 Å². The third-order valence-corrected chi connectivity index (χ3v) is 4.83. The molecule has 128 valence electrons. The third-order valence-electron chi connectivity index (χ3n) is 3.50. The van der Waals surface area contributed by atoms with E-state index in [2.05, 4.69) is 16.7 Å². The van der Waals surface area contributed by atoms with Gasteiger partial charge in [0.1, 0.15) is 16.8 Å². The van der Waals surface area contributed by atoms with Crippen molar-refractivity contribution in [3.8, 4) is 11.8 Å². The summed E-state index contributed by atoms with van der Waals surface area (Å²) in [5.74, 6) is 0.402. The van der Waals surface area contributed by atoms with Crippen LogP contribution in [-0.4, -0.2) is 18.1 Å². The lowest BCUT2D eigenvalue weighted by Crippen LogP contribution is -2.32. The predicted octanol–water partition coefficient (Wildman–Crippen LogP) is 3.77. The Hall–Kier alpha value is -2.69. The Morgan fingerprint density at radius 1 is 1.32 bits per heavy atom. The minimum Gasteiger partial charge on any atom is -0.497 e. The number of nitrogens with one attached hydrogen (secondary N) is 2. The molecule has 0 fully saturated rings. The molecule has 2 N–H and O–H groups in total. The van der Waals surface area contributed by atoms with Crippen LogP contribution in [0.15, 0.2) is 30.3 Å². The number of carbonyl (C=O) groups is 1. The van der Waals surface area contributed by atoms with Crippen molar-refractivity contribution in [1.82, 2.24) is 5.32 Å². The highest BCUT2D eigenvalue weighted by Crippen LogP contribution is 2.31. The molecule has 5 nitrogen and oxygen atoms in total. The van der Waals surface area contributed by atoms with Crippen molar-refractivity contribution in [2.45, 2.75) is 13.8 Å². The molecule has 0 radical (unpaired) electrons. The van der Waals surface area contributed by atoms with E-state index < -0.39 is 0 Å². The van der Waals surface area contributed by atoms with E-state index in [1.807, 2.05) is 38.1 Å². The molecule has 25 heavy (non-hydrogen) atoms. The van der Waals surface area contributed by atoms with Gasteiger partial charge in [-0.15, -0.1) is 11.3 Å². The Bertz CT molecular complexity index is 862. The zero-order valence-corrected chi connectivity index (χ0v) is 15.7. The number of anilines is 1. The van der Waals surface area contributed by atoms with E-state index in [9.17, 15) is 10.1 Å². The average molecular weight is 371 g/mol. The molecule has 1 aromatic heterocycles. The predicted molar refractivity (Wildman–Crippen MR) is 105 cm³/mol. The average Bonchev–Trinajstić information content (AvgIpc) is 2.86. The maximum Gasteiger partial charge on any atom is 0.250 e. The summed E-state index contributed by atoms with van der Waals surface area (Å²) < 4.78 is 5.08. The van der Waals surface area contributed by atoms with Gasteiger partial charge in [-0.3, -0.25) is 10.1 Å². The Morgan fingerprint density at radius 3 is 2.60 bits per heavy atom. The molecule has 0 atom stereocenters. The molecule has 0 unspecified atom stereocenters. The zero-order valence-electron chi connectivity index (χ0n) is 14.0. The fourth-order valence-corrected chi connectivity index (χ4v) is 3.31. The molecule has 7 heteroatoms. The van der Waals surface area contributed by atoms with Gasteiger partial charge in [0.15, 0.2) is 5.11 Å². The summed E-state index contributed by atoms with van der Waals surface area (Å²) in [6.07, 6.45) is 3.07. The molecule has 2 rings (SSSR count). The second-order valence-electron chi connectivity index (χ2n) is 5.15. The van der Waals surface area contributed by atoms with E-state index in [0.717, 1.165) is 21.8 Å². The summed E-state index contributed by atoms with van der Waals surface area (Å²) in [6, 6.07) is 9.46. The molecule has 0 spiro atoms. The lowest BCUT2D eigenvalue weighted by molar-refractivity contribution is -0.115. The summed E-state index contributed by atoms with van der Waals surface area (Å²) in [5.41, 5.74) is 2.34. The maximum atomic E-state index is 12.0. The molecule has 0 saturated carbocycles. The number of hydrogen-bond donors (Lipinski definition) is 2. The van der Waals surface area contributed by atoms with Crippen LogP contribution in [0.4, 0.5) is 5.00 Å². The molecule has 0 aliphatic heterocycles. The lowest BCUT2D eigenvalue weighted by Gasteiger charge is -2.06. The molecular formula is C18H17N3O2S2. The zero-order chi connectivity index (χ0) is 18.4. The Labute approximate surface area is 155 Å². The second-order valence-corrected chi connectivity index (χ2v) is 6.78. The van der Waals surface area contributed by atoms with Gasteiger partial charge >= 0.3 is 0 Å². The number of ether oxygens (including phenoxy) is 1. The fraction of sp³-hybridized carbons (Fsp3) is 0.167. The summed E-state index contributed by atoms with van der Waals surface area (Å²) >= 11 is 6.57. The molecular weight excluding hydrogens is 354 g/mol. The first-order valence-electron chi connectivity index (χ1n) is 7.38. The van der Waals surface area contributed by atoms with Gasteiger partial charge in [0.05, 0.1) is 12.7 Å². The number of hydrogen-bond acceptors (Lipinski definition) is 5. The number of rotatable bonds is 4. The largest absolute Gasteiger partial charge is 0.497 e. The third kappa shape index (κ3) is 4.89.